The van der Waals surface area contributed by atoms with Crippen LogP contribution in [0.5, 0.6) is 0 Å². The van der Waals surface area contributed by atoms with E-state index in [1.807, 2.05) is 6.92 Å². The summed E-state index contributed by atoms with van der Waals surface area (Å²) < 4.78 is 28.4. The van der Waals surface area contributed by atoms with Crippen molar-refractivity contribution in [2.75, 3.05) is 30.4 Å². The average Bonchev–Trinajstić information content (AvgIpc) is 3.07. The molecule has 2 rings (SSSR count). The number of carbonyl (C=O) groups is 3. The maximum absolute atomic E-state index is 12.5. The Bertz CT molecular complexity index is 980. The Kier molecular flexibility index (Phi) is 8.39. The van der Waals surface area contributed by atoms with Crippen molar-refractivity contribution in [3.63, 3.8) is 0 Å². The third-order valence-electron chi connectivity index (χ3n) is 4.58. The molecule has 1 fully saturated rings. The van der Waals surface area contributed by atoms with E-state index < -0.39 is 45.2 Å². The largest absolute Gasteiger partial charge is 0.455 e. The van der Waals surface area contributed by atoms with Gasteiger partial charge in [-0.15, -0.1) is 11.8 Å². The van der Waals surface area contributed by atoms with E-state index >= 15 is 0 Å². The Morgan fingerprint density at radius 2 is 2.06 bits per heavy atom. The van der Waals surface area contributed by atoms with Crippen LogP contribution < -0.4 is 5.73 Å². The molecule has 170 valence electrons. The van der Waals surface area contributed by atoms with Crippen LogP contribution in [-0.4, -0.2) is 72.5 Å². The lowest BCUT2D eigenvalue weighted by molar-refractivity contribution is -0.387. The van der Waals surface area contributed by atoms with E-state index in [1.165, 1.54) is 17.0 Å². The number of primary amides is 1. The average molecular weight is 474 g/mol. The Hall–Kier alpha value is -2.67. The van der Waals surface area contributed by atoms with Gasteiger partial charge in [-0.2, -0.15) is 0 Å². The van der Waals surface area contributed by atoms with Crippen molar-refractivity contribution in [1.29, 1.82) is 0 Å². The highest BCUT2D eigenvalue weighted by Gasteiger charge is 2.34. The summed E-state index contributed by atoms with van der Waals surface area (Å²) in [6, 6.07) is 3.21. The molecule has 0 aliphatic carbocycles. The van der Waals surface area contributed by atoms with Gasteiger partial charge in [0, 0.05) is 24.2 Å². The van der Waals surface area contributed by atoms with Gasteiger partial charge in [0.05, 0.1) is 27.1 Å². The van der Waals surface area contributed by atoms with Gasteiger partial charge < -0.3 is 15.4 Å². The first-order valence-electron chi connectivity index (χ1n) is 9.40. The van der Waals surface area contributed by atoms with Gasteiger partial charge in [-0.1, -0.05) is 6.92 Å². The van der Waals surface area contributed by atoms with Crippen LogP contribution in [0.25, 0.3) is 0 Å². The molecule has 1 unspecified atom stereocenters. The number of ether oxygens (including phenoxy) is 1. The number of thioether (sulfide) groups is 1. The van der Waals surface area contributed by atoms with Gasteiger partial charge in [-0.05, 0) is 25.0 Å². The van der Waals surface area contributed by atoms with Crippen molar-refractivity contribution in [2.45, 2.75) is 30.7 Å². The highest BCUT2D eigenvalue weighted by atomic mass is 32.2. The molecule has 13 heteroatoms. The van der Waals surface area contributed by atoms with Crippen LogP contribution in [0.2, 0.25) is 0 Å². The van der Waals surface area contributed by atoms with Crippen LogP contribution in [0.4, 0.5) is 5.69 Å². The molecule has 31 heavy (non-hydrogen) atoms. The molecule has 1 aromatic carbocycles. The van der Waals surface area contributed by atoms with E-state index in [-0.39, 0.29) is 33.4 Å². The van der Waals surface area contributed by atoms with E-state index in [0.717, 1.165) is 17.8 Å². The molecular weight excluding hydrogens is 450 g/mol. The first kappa shape index (κ1) is 24.6. The summed E-state index contributed by atoms with van der Waals surface area (Å²) >= 11 is 0.827. The van der Waals surface area contributed by atoms with Gasteiger partial charge in [-0.25, -0.2) is 8.42 Å². The molecule has 1 atom stereocenters. The van der Waals surface area contributed by atoms with Crippen molar-refractivity contribution in [1.82, 2.24) is 4.90 Å². The number of rotatable bonds is 10. The second-order valence-electron chi connectivity index (χ2n) is 6.90. The second-order valence-corrected chi connectivity index (χ2v) is 10.1. The number of nitrogens with two attached hydrogens (primary N) is 1. The Morgan fingerprint density at radius 3 is 2.61 bits per heavy atom. The number of benzene rings is 1. The van der Waals surface area contributed by atoms with Crippen molar-refractivity contribution in [2.24, 2.45) is 5.73 Å². The van der Waals surface area contributed by atoms with Crippen molar-refractivity contribution < 1.29 is 32.5 Å². The maximum Gasteiger partial charge on any atom is 0.316 e. The molecular formula is C18H23N3O8S2. The van der Waals surface area contributed by atoms with Gasteiger partial charge in [0.15, 0.2) is 16.4 Å². The lowest BCUT2D eigenvalue weighted by Crippen LogP contribution is -2.43. The smallest absolute Gasteiger partial charge is 0.316 e. The summed E-state index contributed by atoms with van der Waals surface area (Å²) in [6.07, 6.45) is 0.972. The zero-order valence-corrected chi connectivity index (χ0v) is 18.4. The molecule has 1 aromatic rings. The summed E-state index contributed by atoms with van der Waals surface area (Å²) in [4.78, 5) is 47.8. The third-order valence-corrected chi connectivity index (χ3v) is 7.36. The SMILES string of the molecule is CCCN(C(=O)COC(=O)CSc1ccc(C(N)=O)cc1[N+](=O)[O-])C1CCS(=O)(=O)C1. The summed E-state index contributed by atoms with van der Waals surface area (Å²) in [5.74, 6) is -2.44. The number of hydrogen-bond acceptors (Lipinski definition) is 9. The molecule has 1 heterocycles. The predicted octanol–water partition coefficient (Wildman–Crippen LogP) is 0.755. The van der Waals surface area contributed by atoms with Crippen molar-refractivity contribution >= 4 is 45.1 Å². The minimum absolute atomic E-state index is 0.0227. The van der Waals surface area contributed by atoms with E-state index in [9.17, 15) is 32.9 Å². The highest BCUT2D eigenvalue weighted by Crippen LogP contribution is 2.30. The number of nitrogens with zero attached hydrogens (tertiary/aromatic N) is 2. The Morgan fingerprint density at radius 1 is 1.35 bits per heavy atom. The van der Waals surface area contributed by atoms with Crippen LogP contribution in [0, 0.1) is 10.1 Å². The van der Waals surface area contributed by atoms with E-state index in [4.69, 9.17) is 10.5 Å². The zero-order valence-electron chi connectivity index (χ0n) is 16.8. The first-order valence-corrected chi connectivity index (χ1v) is 12.2. The molecule has 2 N–H and O–H groups in total. The first-order chi connectivity index (χ1) is 14.5. The fourth-order valence-corrected chi connectivity index (χ4v) is 5.64. The molecule has 0 saturated carbocycles. The Balaban J connectivity index is 1.93. The zero-order chi connectivity index (χ0) is 23.2. The summed E-state index contributed by atoms with van der Waals surface area (Å²) in [7, 11) is -3.17. The van der Waals surface area contributed by atoms with E-state index in [0.29, 0.717) is 19.4 Å². The minimum Gasteiger partial charge on any atom is -0.455 e. The van der Waals surface area contributed by atoms with Crippen LogP contribution in [0.3, 0.4) is 0 Å². The lowest BCUT2D eigenvalue weighted by atomic mass is 10.2. The molecule has 2 amide bonds. The molecule has 1 aliphatic heterocycles. The molecule has 1 aliphatic rings. The monoisotopic (exact) mass is 473 g/mol. The topological polar surface area (TPSA) is 167 Å². The molecule has 0 spiro atoms. The van der Waals surface area contributed by atoms with Crippen LogP contribution >= 0.6 is 11.8 Å². The number of amides is 2. The van der Waals surface area contributed by atoms with Crippen molar-refractivity contribution in [3.8, 4) is 0 Å². The van der Waals surface area contributed by atoms with Crippen molar-refractivity contribution in [3.05, 3.63) is 33.9 Å². The fourth-order valence-electron chi connectivity index (χ4n) is 3.11. The van der Waals surface area contributed by atoms with Gasteiger partial charge in [0.1, 0.15) is 0 Å². The second kappa shape index (κ2) is 10.6. The van der Waals surface area contributed by atoms with Gasteiger partial charge in [0.25, 0.3) is 11.6 Å². The van der Waals surface area contributed by atoms with Gasteiger partial charge >= 0.3 is 5.97 Å². The minimum atomic E-state index is -3.17. The summed E-state index contributed by atoms with van der Waals surface area (Å²) in [6.45, 7) is 1.66. The molecule has 11 nitrogen and oxygen atoms in total. The standard InChI is InChI=1S/C18H23N3O8S2/c1-2-6-20(13-5-7-31(27,28)11-13)16(22)9-29-17(23)10-30-15-4-3-12(18(19)24)8-14(15)21(25)26/h3-4,8,13H,2,5-7,9-11H2,1H3,(H2,19,24). The normalized spacial score (nSPS) is 17.1. The molecule has 0 aromatic heterocycles. The predicted molar refractivity (Wildman–Crippen MR) is 112 cm³/mol. The van der Waals surface area contributed by atoms with E-state index in [1.54, 1.807) is 0 Å². The molecule has 1 saturated heterocycles. The van der Waals surface area contributed by atoms with Crippen LogP contribution in [0.1, 0.15) is 30.1 Å². The molecule has 0 radical (unpaired) electrons. The Labute approximate surface area is 183 Å². The highest BCUT2D eigenvalue weighted by molar-refractivity contribution is 8.00. The number of sulfone groups is 1. The van der Waals surface area contributed by atoms with E-state index in [2.05, 4.69) is 0 Å². The number of hydrogen-bond donors (Lipinski definition) is 1. The quantitative estimate of drug-likeness (QED) is 0.223. The van der Waals surface area contributed by atoms with Crippen LogP contribution in [-0.2, 0) is 24.2 Å². The summed E-state index contributed by atoms with van der Waals surface area (Å²) in [5.41, 5.74) is 4.71. The number of nitro benzene ring substituents is 1. The molecule has 0 bridgehead atoms. The number of carbonyl (C=O) groups excluding carboxylic acids is 3. The summed E-state index contributed by atoms with van der Waals surface area (Å²) in [5, 5.41) is 11.2. The van der Waals surface area contributed by atoms with Gasteiger partial charge in [0.2, 0.25) is 5.91 Å². The van der Waals surface area contributed by atoms with Crippen LogP contribution in [0.15, 0.2) is 23.1 Å². The maximum atomic E-state index is 12.5. The number of esters is 1. The lowest BCUT2D eigenvalue weighted by Gasteiger charge is -2.27. The number of nitro groups is 1. The third kappa shape index (κ3) is 6.92. The fraction of sp³-hybridized carbons (Fsp3) is 0.500. The van der Waals surface area contributed by atoms with Gasteiger partial charge in [-0.3, -0.25) is 24.5 Å².